The van der Waals surface area contributed by atoms with Crippen molar-refractivity contribution in [1.29, 1.82) is 0 Å². The van der Waals surface area contributed by atoms with Gasteiger partial charge in [0.05, 0.1) is 0 Å². The fourth-order valence-electron chi connectivity index (χ4n) is 2.27. The Morgan fingerprint density at radius 1 is 0.368 bits per heavy atom. The van der Waals surface area contributed by atoms with E-state index in [1.54, 1.807) is 0 Å². The summed E-state index contributed by atoms with van der Waals surface area (Å²) in [6.45, 7) is 4.58. The van der Waals surface area contributed by atoms with Crippen molar-refractivity contribution in [2.75, 3.05) is 0 Å². The van der Waals surface area contributed by atoms with Crippen molar-refractivity contribution in [3.8, 4) is 0 Å². The third-order valence-electron chi connectivity index (χ3n) is 3.46. The first-order valence-electron chi connectivity index (χ1n) is 7.91. The van der Waals surface area contributed by atoms with E-state index in [4.69, 9.17) is 0 Å². The van der Waals surface area contributed by atoms with E-state index in [-0.39, 0.29) is 57.0 Å². The van der Waals surface area contributed by atoms with Gasteiger partial charge in [-0.05, 0) is 0 Å². The van der Waals surface area contributed by atoms with E-state index in [0.29, 0.717) is 0 Å². The molecule has 0 amide bonds. The molecular weight excluding hydrogens is 376 g/mol. The number of hydrogen-bond acceptors (Lipinski definition) is 0. The Morgan fingerprint density at radius 3 is 0.684 bits per heavy atom. The molecule has 0 rings (SSSR count). The van der Waals surface area contributed by atoms with Crippen LogP contribution in [0.15, 0.2) is 0 Å². The van der Waals surface area contributed by atoms with Crippen LogP contribution >= 0.6 is 0 Å². The molecule has 0 saturated heterocycles. The van der Waals surface area contributed by atoms with Crippen molar-refractivity contribution in [1.82, 2.24) is 0 Å². The fourth-order valence-corrected chi connectivity index (χ4v) is 2.27. The van der Waals surface area contributed by atoms with Gasteiger partial charge in [0, 0.05) is 0 Å². The molecule has 0 atom stereocenters. The first kappa shape index (κ1) is 28.8. The Bertz CT molecular complexity index is 107. The Labute approximate surface area is 160 Å². The van der Waals surface area contributed by atoms with Crippen molar-refractivity contribution in [3.05, 3.63) is 0 Å². The Balaban J connectivity index is -0.000000375. The third-order valence-corrected chi connectivity index (χ3v) is 3.46. The zero-order valence-corrected chi connectivity index (χ0v) is 17.9. The molecule has 19 heavy (non-hydrogen) atoms. The van der Waals surface area contributed by atoms with E-state index in [0.717, 1.165) is 0 Å². The molecule has 0 fully saturated rings. The van der Waals surface area contributed by atoms with Crippen molar-refractivity contribution >= 4 is 23.1 Å². The van der Waals surface area contributed by atoms with Gasteiger partial charge in [-0.15, -0.1) is 0 Å². The van der Waals surface area contributed by atoms with E-state index < -0.39 is 0 Å². The van der Waals surface area contributed by atoms with E-state index in [9.17, 15) is 0 Å². The van der Waals surface area contributed by atoms with Gasteiger partial charge >= 0.3 is 23.1 Å². The summed E-state index contributed by atoms with van der Waals surface area (Å²) in [4.78, 5) is 0. The van der Waals surface area contributed by atoms with Gasteiger partial charge in [0.25, 0.3) is 0 Å². The first-order chi connectivity index (χ1) is 7.91. The van der Waals surface area contributed by atoms with Crippen molar-refractivity contribution in [3.63, 3.8) is 0 Å². The average Bonchev–Trinajstić information content (AvgIpc) is 2.31. The molecule has 0 saturated carbocycles. The maximum absolute atomic E-state index is 2.29. The second-order valence-electron chi connectivity index (χ2n) is 5.24. The molecule has 0 bridgehead atoms. The van der Waals surface area contributed by atoms with Gasteiger partial charge in [0.15, 0.2) is 0 Å². The minimum Gasteiger partial charge on any atom is -1.00 e. The summed E-state index contributed by atoms with van der Waals surface area (Å²) >= 11 is 0. The molecule has 3 heteroatoms. The molecule has 0 spiro atoms. The largest absolute Gasteiger partial charge is 2.00 e. The van der Waals surface area contributed by atoms with E-state index in [1.807, 2.05) is 0 Å². The standard InChI is InChI=1S/C16H34.2BrH.Mg/c1-3-5-7-9-11-13-15-16-14-12-10-8-6-4-2;;;/h3-16H2,1-2H3;2*1H;/q;;;+2/p-2. The second-order valence-corrected chi connectivity index (χ2v) is 5.24. The normalized spacial score (nSPS) is 9.16. The maximum atomic E-state index is 2.29. The predicted molar refractivity (Wildman–Crippen MR) is 81.7 cm³/mol. The summed E-state index contributed by atoms with van der Waals surface area (Å²) in [5.41, 5.74) is 0. The molecule has 0 heterocycles. The fraction of sp³-hybridized carbons (Fsp3) is 1.00. The molecule has 114 valence electrons. The third kappa shape index (κ3) is 28.6. The molecule has 0 aliphatic rings. The molecule has 0 N–H and O–H groups in total. The smallest absolute Gasteiger partial charge is 1.00 e. The Kier molecular flexibility index (Phi) is 42.4. The van der Waals surface area contributed by atoms with Crippen molar-refractivity contribution in [2.45, 2.75) is 104 Å². The van der Waals surface area contributed by atoms with E-state index in [1.165, 1.54) is 89.9 Å². The topological polar surface area (TPSA) is 0 Å². The van der Waals surface area contributed by atoms with Crippen LogP contribution in [0.1, 0.15) is 104 Å². The van der Waals surface area contributed by atoms with Crippen LogP contribution in [0.4, 0.5) is 0 Å². The van der Waals surface area contributed by atoms with E-state index in [2.05, 4.69) is 13.8 Å². The Hall–Kier alpha value is 1.73. The van der Waals surface area contributed by atoms with Gasteiger partial charge in [0.1, 0.15) is 0 Å². The van der Waals surface area contributed by atoms with Gasteiger partial charge in [-0.25, -0.2) is 0 Å². The summed E-state index contributed by atoms with van der Waals surface area (Å²) in [5.74, 6) is 0. The quantitative estimate of drug-likeness (QED) is 0.299. The number of hydrogen-bond donors (Lipinski definition) is 0. The molecule has 0 aliphatic heterocycles. The van der Waals surface area contributed by atoms with Gasteiger partial charge in [-0.3, -0.25) is 0 Å². The second kappa shape index (κ2) is 28.0. The summed E-state index contributed by atoms with van der Waals surface area (Å²) in [5, 5.41) is 0. The minimum atomic E-state index is 0. The molecule has 0 unspecified atom stereocenters. The van der Waals surface area contributed by atoms with Gasteiger partial charge < -0.3 is 34.0 Å². The summed E-state index contributed by atoms with van der Waals surface area (Å²) < 4.78 is 0. The van der Waals surface area contributed by atoms with Crippen molar-refractivity contribution < 1.29 is 34.0 Å². The molecule has 0 aliphatic carbocycles. The SMILES string of the molecule is CCCCCCCCCCCCCCCC.[Br-].[Br-].[Mg+2]. The summed E-state index contributed by atoms with van der Waals surface area (Å²) in [7, 11) is 0. The molecule has 0 aromatic rings. The van der Waals surface area contributed by atoms with E-state index >= 15 is 0 Å². The summed E-state index contributed by atoms with van der Waals surface area (Å²) in [6.07, 6.45) is 20.4. The number of unbranched alkanes of at least 4 members (excludes halogenated alkanes) is 13. The van der Waals surface area contributed by atoms with Crippen LogP contribution in [0, 0.1) is 0 Å². The van der Waals surface area contributed by atoms with Crippen LogP contribution in [0.5, 0.6) is 0 Å². The minimum absolute atomic E-state index is 0. The molecule has 0 nitrogen and oxygen atoms in total. The van der Waals surface area contributed by atoms with Gasteiger partial charge in [-0.1, -0.05) is 104 Å². The van der Waals surface area contributed by atoms with Crippen molar-refractivity contribution in [2.24, 2.45) is 0 Å². The molecular formula is C16H34Br2Mg. The predicted octanol–water partition coefficient (Wildman–Crippen LogP) is 0.115. The van der Waals surface area contributed by atoms with Crippen LogP contribution in [-0.2, 0) is 0 Å². The molecule has 0 aromatic heterocycles. The molecule has 0 radical (unpaired) electrons. The van der Waals surface area contributed by atoms with Gasteiger partial charge in [0.2, 0.25) is 0 Å². The molecule has 0 aromatic carbocycles. The number of rotatable bonds is 13. The average molecular weight is 411 g/mol. The zero-order chi connectivity index (χ0) is 11.9. The van der Waals surface area contributed by atoms with Crippen LogP contribution in [-0.4, -0.2) is 23.1 Å². The van der Waals surface area contributed by atoms with Crippen LogP contribution in [0.25, 0.3) is 0 Å². The van der Waals surface area contributed by atoms with Crippen LogP contribution in [0.3, 0.4) is 0 Å². The van der Waals surface area contributed by atoms with Crippen LogP contribution < -0.4 is 34.0 Å². The first-order valence-corrected chi connectivity index (χ1v) is 7.91. The monoisotopic (exact) mass is 408 g/mol. The van der Waals surface area contributed by atoms with Crippen LogP contribution in [0.2, 0.25) is 0 Å². The maximum Gasteiger partial charge on any atom is 2.00 e. The van der Waals surface area contributed by atoms with Gasteiger partial charge in [-0.2, -0.15) is 0 Å². The Morgan fingerprint density at radius 2 is 0.526 bits per heavy atom. The summed E-state index contributed by atoms with van der Waals surface area (Å²) in [6, 6.07) is 0. The number of halogens is 2. The zero-order valence-electron chi connectivity index (χ0n) is 13.4.